The van der Waals surface area contributed by atoms with E-state index in [4.69, 9.17) is 17.0 Å². The molecule has 1 saturated carbocycles. The summed E-state index contributed by atoms with van der Waals surface area (Å²) in [6.45, 7) is -0.192. The zero-order valence-corrected chi connectivity index (χ0v) is 14.1. The maximum Gasteiger partial charge on any atom is 0.329 e. The van der Waals surface area contributed by atoms with Crippen LogP contribution in [0.4, 0.5) is 0 Å². The van der Waals surface area contributed by atoms with E-state index in [0.717, 1.165) is 24.8 Å². The molecule has 3 rings (SSSR count). The number of carbonyl (C=O) groups excluding carboxylic acids is 1. The number of nitro groups is 1. The minimum absolute atomic E-state index is 0.145. The third-order valence-electron chi connectivity index (χ3n) is 4.89. The summed E-state index contributed by atoms with van der Waals surface area (Å²) in [5.74, 6) is 0.0444. The predicted molar refractivity (Wildman–Crippen MR) is 92.1 cm³/mol. The van der Waals surface area contributed by atoms with Gasteiger partial charge in [0.15, 0.2) is 4.99 Å². The molecule has 0 aromatic heterocycles. The standard InChI is InChI=1S/C17H20N2O4S/c20-17(23-11-12-5-2-1-3-6-12)15-9-13-7-4-8-14(13)19(15)16(24)10-18(21)22/h1-3,5-6,13-15H,4,7-11H2/t13-,14-,15-/m1/s1. The second-order valence-corrected chi connectivity index (χ2v) is 6.87. The van der Waals surface area contributed by atoms with Crippen molar-refractivity contribution in [1.82, 2.24) is 4.90 Å². The fourth-order valence-corrected chi connectivity index (χ4v) is 4.24. The maximum atomic E-state index is 12.6. The van der Waals surface area contributed by atoms with Gasteiger partial charge in [0.05, 0.1) is 0 Å². The Morgan fingerprint density at radius 2 is 2.08 bits per heavy atom. The summed E-state index contributed by atoms with van der Waals surface area (Å²) in [5, 5.41) is 10.8. The van der Waals surface area contributed by atoms with E-state index >= 15 is 0 Å². The lowest BCUT2D eigenvalue weighted by Gasteiger charge is -2.29. The van der Waals surface area contributed by atoms with Crippen LogP contribution in [0.5, 0.6) is 0 Å². The topological polar surface area (TPSA) is 72.7 Å². The number of carbonyl (C=O) groups is 1. The maximum absolute atomic E-state index is 12.6. The normalized spacial score (nSPS) is 25.3. The van der Waals surface area contributed by atoms with Gasteiger partial charge in [-0.25, -0.2) is 4.79 Å². The fourth-order valence-electron chi connectivity index (χ4n) is 3.88. The lowest BCUT2D eigenvalue weighted by molar-refractivity contribution is -0.463. The fraction of sp³-hybridized carbons (Fsp3) is 0.529. The van der Waals surface area contributed by atoms with Gasteiger partial charge in [0.25, 0.3) is 6.54 Å². The van der Waals surface area contributed by atoms with Gasteiger partial charge in [0.1, 0.15) is 12.6 Å². The molecule has 3 atom stereocenters. The lowest BCUT2D eigenvalue weighted by atomic mass is 10.0. The van der Waals surface area contributed by atoms with E-state index in [1.54, 1.807) is 4.90 Å². The third-order valence-corrected chi connectivity index (χ3v) is 5.23. The first-order valence-electron chi connectivity index (χ1n) is 8.20. The van der Waals surface area contributed by atoms with Crippen LogP contribution in [0.2, 0.25) is 0 Å². The Labute approximate surface area is 145 Å². The van der Waals surface area contributed by atoms with Crippen LogP contribution in [0.25, 0.3) is 0 Å². The van der Waals surface area contributed by atoms with Crippen LogP contribution in [0.15, 0.2) is 30.3 Å². The van der Waals surface area contributed by atoms with Crippen molar-refractivity contribution in [3.63, 3.8) is 0 Å². The quantitative estimate of drug-likeness (QED) is 0.352. The summed E-state index contributed by atoms with van der Waals surface area (Å²) >= 11 is 5.26. The van der Waals surface area contributed by atoms with Crippen molar-refractivity contribution in [2.75, 3.05) is 6.54 Å². The van der Waals surface area contributed by atoms with Gasteiger partial charge in [-0.2, -0.15) is 0 Å². The highest BCUT2D eigenvalue weighted by molar-refractivity contribution is 7.80. The van der Waals surface area contributed by atoms with E-state index < -0.39 is 17.5 Å². The second-order valence-electron chi connectivity index (χ2n) is 6.39. The van der Waals surface area contributed by atoms with Crippen molar-refractivity contribution in [3.8, 4) is 0 Å². The molecule has 1 aliphatic heterocycles. The average molecular weight is 348 g/mol. The van der Waals surface area contributed by atoms with Crippen molar-refractivity contribution < 1.29 is 14.5 Å². The van der Waals surface area contributed by atoms with Crippen molar-refractivity contribution in [3.05, 3.63) is 46.0 Å². The minimum atomic E-state index is -0.489. The van der Waals surface area contributed by atoms with E-state index in [1.165, 1.54) is 0 Å². The highest BCUT2D eigenvalue weighted by atomic mass is 32.1. The average Bonchev–Trinajstić information content (AvgIpc) is 3.13. The van der Waals surface area contributed by atoms with Crippen LogP contribution >= 0.6 is 12.2 Å². The number of nitrogens with zero attached hydrogens (tertiary/aromatic N) is 2. The monoisotopic (exact) mass is 348 g/mol. The van der Waals surface area contributed by atoms with Gasteiger partial charge in [0, 0.05) is 11.0 Å². The van der Waals surface area contributed by atoms with Gasteiger partial charge < -0.3 is 9.64 Å². The van der Waals surface area contributed by atoms with Crippen LogP contribution in [0, 0.1) is 16.0 Å². The Kier molecular flexibility index (Phi) is 5.08. The SMILES string of the molecule is O=C(OCc1ccccc1)[C@H]1C[C@H]2CCC[C@H]2N1C(=S)C[N+](=O)[O-]. The Morgan fingerprint density at radius 1 is 1.33 bits per heavy atom. The number of hydrogen-bond acceptors (Lipinski definition) is 5. The van der Waals surface area contributed by atoms with E-state index in [0.29, 0.717) is 12.3 Å². The van der Waals surface area contributed by atoms with Gasteiger partial charge in [-0.3, -0.25) is 10.1 Å². The first-order chi connectivity index (χ1) is 11.6. The zero-order valence-electron chi connectivity index (χ0n) is 13.3. The van der Waals surface area contributed by atoms with Crippen LogP contribution in [0.1, 0.15) is 31.2 Å². The molecule has 0 radical (unpaired) electrons. The number of fused-ring (bicyclic) bond motifs is 1. The molecular weight excluding hydrogens is 328 g/mol. The summed E-state index contributed by atoms with van der Waals surface area (Å²) in [6.07, 6.45) is 3.74. The molecule has 2 fully saturated rings. The van der Waals surface area contributed by atoms with Gasteiger partial charge in [0.2, 0.25) is 0 Å². The molecule has 0 unspecified atom stereocenters. The largest absolute Gasteiger partial charge is 0.459 e. The highest BCUT2D eigenvalue weighted by Gasteiger charge is 2.48. The minimum Gasteiger partial charge on any atom is -0.459 e. The molecule has 1 aliphatic carbocycles. The predicted octanol–water partition coefficient (Wildman–Crippen LogP) is 2.58. The van der Waals surface area contributed by atoms with Crippen LogP contribution in [-0.2, 0) is 16.1 Å². The van der Waals surface area contributed by atoms with Gasteiger partial charge in [-0.05, 0) is 30.7 Å². The molecule has 6 nitrogen and oxygen atoms in total. The lowest BCUT2D eigenvalue weighted by Crippen LogP contribution is -2.46. The van der Waals surface area contributed by atoms with Gasteiger partial charge >= 0.3 is 5.97 Å². The number of likely N-dealkylation sites (tertiary alicyclic amines) is 1. The molecule has 1 heterocycles. The Balaban J connectivity index is 1.68. The number of ether oxygens (including phenoxy) is 1. The summed E-state index contributed by atoms with van der Waals surface area (Å²) in [7, 11) is 0. The van der Waals surface area contributed by atoms with Crippen molar-refractivity contribution >= 4 is 23.2 Å². The molecule has 24 heavy (non-hydrogen) atoms. The molecular formula is C17H20N2O4S. The molecule has 1 saturated heterocycles. The van der Waals surface area contributed by atoms with Crippen LogP contribution in [0.3, 0.4) is 0 Å². The first kappa shape index (κ1) is 16.8. The Bertz CT molecular complexity index is 637. The highest BCUT2D eigenvalue weighted by Crippen LogP contribution is 2.41. The van der Waals surface area contributed by atoms with Gasteiger partial charge in [-0.1, -0.05) is 49.0 Å². The molecule has 1 aromatic rings. The number of rotatable bonds is 5. The van der Waals surface area contributed by atoms with E-state index in [-0.39, 0.29) is 23.6 Å². The number of thiocarbonyl (C=S) groups is 1. The smallest absolute Gasteiger partial charge is 0.329 e. The first-order valence-corrected chi connectivity index (χ1v) is 8.60. The molecule has 0 bridgehead atoms. The molecule has 0 spiro atoms. The third kappa shape index (κ3) is 3.56. The van der Waals surface area contributed by atoms with E-state index in [1.807, 2.05) is 30.3 Å². The Morgan fingerprint density at radius 3 is 2.79 bits per heavy atom. The van der Waals surface area contributed by atoms with Crippen molar-refractivity contribution in [2.45, 2.75) is 44.4 Å². The van der Waals surface area contributed by atoms with Gasteiger partial charge in [-0.15, -0.1) is 0 Å². The summed E-state index contributed by atoms with van der Waals surface area (Å²) in [5.41, 5.74) is 0.920. The molecule has 1 aromatic carbocycles. The van der Waals surface area contributed by atoms with Crippen molar-refractivity contribution in [2.24, 2.45) is 5.92 Å². The van der Waals surface area contributed by atoms with Crippen LogP contribution < -0.4 is 0 Å². The Hall–Kier alpha value is -2.02. The summed E-state index contributed by atoms with van der Waals surface area (Å²) < 4.78 is 5.45. The molecule has 0 N–H and O–H groups in total. The number of hydrogen-bond donors (Lipinski definition) is 0. The van der Waals surface area contributed by atoms with E-state index in [2.05, 4.69) is 0 Å². The van der Waals surface area contributed by atoms with Crippen molar-refractivity contribution in [1.29, 1.82) is 0 Å². The van der Waals surface area contributed by atoms with Crippen LogP contribution in [-0.4, -0.2) is 39.4 Å². The molecule has 0 amide bonds. The molecule has 128 valence electrons. The molecule has 7 heteroatoms. The summed E-state index contributed by atoms with van der Waals surface area (Å²) in [6, 6.07) is 9.13. The van der Waals surface area contributed by atoms with E-state index in [9.17, 15) is 14.9 Å². The molecule has 2 aliphatic rings. The second kappa shape index (κ2) is 7.25. The number of benzene rings is 1. The number of esters is 1. The summed E-state index contributed by atoms with van der Waals surface area (Å²) in [4.78, 5) is 25.0. The zero-order chi connectivity index (χ0) is 17.1.